The van der Waals surface area contributed by atoms with Gasteiger partial charge in [-0.05, 0) is 30.2 Å². The van der Waals surface area contributed by atoms with Crippen LogP contribution in [0.4, 0.5) is 0 Å². The maximum atomic E-state index is 12.8. The summed E-state index contributed by atoms with van der Waals surface area (Å²) in [5.74, 6) is -1.76. The molecule has 0 saturated heterocycles. The van der Waals surface area contributed by atoms with E-state index in [2.05, 4.69) is 11.4 Å². The minimum absolute atomic E-state index is 0.343. The number of carbonyl (C=O) groups excluding carboxylic acids is 2. The molecule has 1 N–H and O–H groups in total. The second-order valence-corrected chi connectivity index (χ2v) is 7.58. The maximum absolute atomic E-state index is 12.8. The van der Waals surface area contributed by atoms with Gasteiger partial charge in [0.2, 0.25) is 5.91 Å². The van der Waals surface area contributed by atoms with Crippen molar-refractivity contribution < 1.29 is 19.1 Å². The Hall–Kier alpha value is -3.24. The van der Waals surface area contributed by atoms with Gasteiger partial charge in [0.15, 0.2) is 0 Å². The zero-order valence-electron chi connectivity index (χ0n) is 16.8. The van der Waals surface area contributed by atoms with Gasteiger partial charge in [-0.2, -0.15) is 5.26 Å². The number of thioether (sulfide) groups is 1. The van der Waals surface area contributed by atoms with Crippen molar-refractivity contribution in [1.29, 1.82) is 5.26 Å². The molecule has 0 aromatic heterocycles. The Bertz CT molecular complexity index is 981. The maximum Gasteiger partial charge on any atom is 0.319 e. The summed E-state index contributed by atoms with van der Waals surface area (Å²) in [6, 6.07) is 19.1. The van der Waals surface area contributed by atoms with Crippen LogP contribution in [0.2, 0.25) is 0 Å². The number of rotatable bonds is 7. The van der Waals surface area contributed by atoms with Gasteiger partial charge in [0.25, 0.3) is 0 Å². The molecule has 1 aliphatic rings. The lowest BCUT2D eigenvalue weighted by molar-refractivity contribution is -0.150. The molecule has 0 spiro atoms. The Labute approximate surface area is 179 Å². The fourth-order valence-electron chi connectivity index (χ4n) is 3.35. The van der Waals surface area contributed by atoms with Crippen molar-refractivity contribution >= 4 is 23.6 Å². The third kappa shape index (κ3) is 4.66. The van der Waals surface area contributed by atoms with Gasteiger partial charge in [0.1, 0.15) is 11.7 Å². The molecular weight excluding hydrogens is 400 g/mol. The minimum atomic E-state index is -1.14. The first-order valence-corrected chi connectivity index (χ1v) is 10.5. The van der Waals surface area contributed by atoms with E-state index in [9.17, 15) is 14.9 Å². The Kier molecular flexibility index (Phi) is 7.15. The molecule has 1 amide bonds. The smallest absolute Gasteiger partial charge is 0.319 e. The van der Waals surface area contributed by atoms with Gasteiger partial charge >= 0.3 is 5.97 Å². The number of ether oxygens (including phenoxy) is 2. The predicted octanol–water partition coefficient (Wildman–Crippen LogP) is 3.76. The first-order chi connectivity index (χ1) is 14.6. The number of methoxy groups -OCH3 is 1. The van der Waals surface area contributed by atoms with Gasteiger partial charge in [-0.15, -0.1) is 11.8 Å². The number of benzene rings is 2. The number of carbonyl (C=O) groups is 2. The second kappa shape index (κ2) is 9.99. The van der Waals surface area contributed by atoms with Crippen LogP contribution in [-0.4, -0.2) is 25.6 Å². The summed E-state index contributed by atoms with van der Waals surface area (Å²) in [5.41, 5.74) is 2.09. The number of esters is 1. The van der Waals surface area contributed by atoms with E-state index in [0.29, 0.717) is 34.3 Å². The molecule has 2 aromatic carbocycles. The van der Waals surface area contributed by atoms with Crippen molar-refractivity contribution in [3.8, 4) is 11.8 Å². The number of hydrogen-bond donors (Lipinski definition) is 1. The number of nitrogens with zero attached hydrogens (tertiary/aromatic N) is 1. The minimum Gasteiger partial charge on any atom is -0.494 e. The van der Waals surface area contributed by atoms with E-state index in [-0.39, 0.29) is 0 Å². The Morgan fingerprint density at radius 1 is 1.17 bits per heavy atom. The van der Waals surface area contributed by atoms with Crippen LogP contribution < -0.4 is 10.1 Å². The van der Waals surface area contributed by atoms with Crippen molar-refractivity contribution in [2.45, 2.75) is 18.6 Å². The molecular formula is C23H22N2O4S. The van der Waals surface area contributed by atoms with E-state index in [4.69, 9.17) is 9.47 Å². The molecule has 0 unspecified atom stereocenters. The van der Waals surface area contributed by atoms with E-state index in [1.54, 1.807) is 24.3 Å². The highest BCUT2D eigenvalue weighted by molar-refractivity contribution is 8.02. The SMILES string of the molecule is CCOc1ccc([C@@H]2C(C#N)=C(SCc3ccccc3)NC(=O)[C@@H]2C(=O)OC)cc1. The van der Waals surface area contributed by atoms with Crippen LogP contribution in [0, 0.1) is 17.2 Å². The molecule has 0 fully saturated rings. The van der Waals surface area contributed by atoms with Gasteiger partial charge in [-0.3, -0.25) is 9.59 Å². The number of amides is 1. The Morgan fingerprint density at radius 3 is 2.47 bits per heavy atom. The van der Waals surface area contributed by atoms with E-state index >= 15 is 0 Å². The zero-order chi connectivity index (χ0) is 21.5. The number of allylic oxidation sites excluding steroid dienone is 1. The van der Waals surface area contributed by atoms with Crippen LogP contribution in [0.25, 0.3) is 0 Å². The molecule has 30 heavy (non-hydrogen) atoms. The molecule has 0 radical (unpaired) electrons. The fourth-order valence-corrected chi connectivity index (χ4v) is 4.35. The number of hydrogen-bond acceptors (Lipinski definition) is 6. The highest BCUT2D eigenvalue weighted by atomic mass is 32.2. The van der Waals surface area contributed by atoms with Crippen LogP contribution in [0.5, 0.6) is 5.75 Å². The molecule has 1 heterocycles. The van der Waals surface area contributed by atoms with Crippen molar-refractivity contribution in [2.24, 2.45) is 5.92 Å². The van der Waals surface area contributed by atoms with E-state index in [0.717, 1.165) is 5.56 Å². The van der Waals surface area contributed by atoms with Gasteiger partial charge < -0.3 is 14.8 Å². The molecule has 1 aliphatic heterocycles. The first kappa shape index (κ1) is 21.5. The third-order valence-corrected chi connectivity index (χ3v) is 5.85. The second-order valence-electron chi connectivity index (χ2n) is 6.60. The topological polar surface area (TPSA) is 88.4 Å². The van der Waals surface area contributed by atoms with Crippen molar-refractivity contribution in [2.75, 3.05) is 13.7 Å². The summed E-state index contributed by atoms with van der Waals surface area (Å²) < 4.78 is 10.3. The molecule has 0 saturated carbocycles. The largest absolute Gasteiger partial charge is 0.494 e. The summed E-state index contributed by atoms with van der Waals surface area (Å²) >= 11 is 1.37. The summed E-state index contributed by atoms with van der Waals surface area (Å²) in [4.78, 5) is 25.3. The fraction of sp³-hybridized carbons (Fsp3) is 0.261. The zero-order valence-corrected chi connectivity index (χ0v) is 17.6. The monoisotopic (exact) mass is 422 g/mol. The number of nitriles is 1. The number of nitrogens with one attached hydrogen (secondary N) is 1. The van der Waals surface area contributed by atoms with Crippen LogP contribution in [0.1, 0.15) is 24.0 Å². The lowest BCUT2D eigenvalue weighted by Gasteiger charge is -2.31. The van der Waals surface area contributed by atoms with E-state index < -0.39 is 23.7 Å². The van der Waals surface area contributed by atoms with Crippen molar-refractivity contribution in [3.63, 3.8) is 0 Å². The molecule has 7 heteroatoms. The van der Waals surface area contributed by atoms with Crippen LogP contribution >= 0.6 is 11.8 Å². The molecule has 0 bridgehead atoms. The van der Waals surface area contributed by atoms with Gasteiger partial charge in [-0.25, -0.2) is 0 Å². The highest BCUT2D eigenvalue weighted by Gasteiger charge is 2.44. The summed E-state index contributed by atoms with van der Waals surface area (Å²) in [7, 11) is 1.24. The quantitative estimate of drug-likeness (QED) is 0.540. The van der Waals surface area contributed by atoms with Crippen molar-refractivity contribution in [1.82, 2.24) is 5.32 Å². The summed E-state index contributed by atoms with van der Waals surface area (Å²) in [6.45, 7) is 2.42. The average Bonchev–Trinajstić information content (AvgIpc) is 2.78. The van der Waals surface area contributed by atoms with Gasteiger partial charge in [-0.1, -0.05) is 42.5 Å². The van der Waals surface area contributed by atoms with Gasteiger partial charge in [0.05, 0.1) is 30.4 Å². The highest BCUT2D eigenvalue weighted by Crippen LogP contribution is 2.41. The lowest BCUT2D eigenvalue weighted by Crippen LogP contribution is -2.44. The molecule has 154 valence electrons. The molecule has 2 aromatic rings. The molecule has 3 rings (SSSR count). The lowest BCUT2D eigenvalue weighted by atomic mass is 9.78. The molecule has 6 nitrogen and oxygen atoms in total. The first-order valence-electron chi connectivity index (χ1n) is 9.51. The summed E-state index contributed by atoms with van der Waals surface area (Å²) in [5, 5.41) is 13.1. The average molecular weight is 423 g/mol. The van der Waals surface area contributed by atoms with E-state index in [1.165, 1.54) is 18.9 Å². The molecule has 0 aliphatic carbocycles. The normalized spacial score (nSPS) is 18.4. The Morgan fingerprint density at radius 2 is 1.87 bits per heavy atom. The molecule has 2 atom stereocenters. The van der Waals surface area contributed by atoms with E-state index in [1.807, 2.05) is 37.3 Å². The van der Waals surface area contributed by atoms with Crippen LogP contribution in [0.15, 0.2) is 65.2 Å². The third-order valence-electron chi connectivity index (χ3n) is 4.76. The van der Waals surface area contributed by atoms with Crippen LogP contribution in [-0.2, 0) is 20.1 Å². The standard InChI is InChI=1S/C23H22N2O4S/c1-3-29-17-11-9-16(10-12-17)19-18(13-24)22(25-21(26)20(19)23(27)28-2)30-14-15-7-5-4-6-8-15/h4-12,19-20H,3,14H2,1-2H3,(H,25,26)/t19-,20-/m1/s1. The Balaban J connectivity index is 2.00. The van der Waals surface area contributed by atoms with Gasteiger partial charge in [0, 0.05) is 11.7 Å². The van der Waals surface area contributed by atoms with Crippen molar-refractivity contribution in [3.05, 3.63) is 76.3 Å². The van der Waals surface area contributed by atoms with Crippen LogP contribution in [0.3, 0.4) is 0 Å². The summed E-state index contributed by atoms with van der Waals surface area (Å²) in [6.07, 6.45) is 0. The predicted molar refractivity (Wildman–Crippen MR) is 114 cm³/mol.